The highest BCUT2D eigenvalue weighted by Crippen LogP contribution is 2.23. The Labute approximate surface area is 98.7 Å². The number of nitrogens with zero attached hydrogens (tertiary/aromatic N) is 1. The maximum absolute atomic E-state index is 8.70. The number of hydrogen-bond donors (Lipinski definition) is 1. The molecular weight excluding hydrogens is 226 g/mol. The maximum Gasteiger partial charge on any atom is 0.194 e. The minimum atomic E-state index is 0.148. The molecule has 0 atom stereocenters. The van der Waals surface area contributed by atoms with Crippen molar-refractivity contribution in [1.82, 2.24) is 4.98 Å². The minimum absolute atomic E-state index is 0.148. The van der Waals surface area contributed by atoms with Crippen LogP contribution in [-0.4, -0.2) is 16.7 Å². The second kappa shape index (κ2) is 5.14. The summed E-state index contributed by atoms with van der Waals surface area (Å²) in [6.45, 7) is 0.148. The fourth-order valence-electron chi connectivity index (χ4n) is 1.43. The van der Waals surface area contributed by atoms with Crippen LogP contribution in [0.25, 0.3) is 11.3 Å². The van der Waals surface area contributed by atoms with Crippen LogP contribution in [0.2, 0.25) is 5.02 Å². The van der Waals surface area contributed by atoms with Crippen LogP contribution in [0.5, 0.6) is 0 Å². The number of halogens is 1. The van der Waals surface area contributed by atoms with Crippen molar-refractivity contribution in [2.75, 3.05) is 6.61 Å². The van der Waals surface area contributed by atoms with E-state index in [0.29, 0.717) is 29.5 Å². The summed E-state index contributed by atoms with van der Waals surface area (Å²) in [5.41, 5.74) is 0.912. The maximum atomic E-state index is 8.70. The number of aryl methyl sites for hydroxylation is 1. The van der Waals surface area contributed by atoms with E-state index < -0.39 is 0 Å². The molecule has 1 heterocycles. The summed E-state index contributed by atoms with van der Waals surface area (Å²) in [5, 5.41) is 9.37. The van der Waals surface area contributed by atoms with Gasteiger partial charge in [0.05, 0.1) is 6.20 Å². The number of benzene rings is 1. The van der Waals surface area contributed by atoms with E-state index >= 15 is 0 Å². The zero-order valence-corrected chi connectivity index (χ0v) is 9.44. The van der Waals surface area contributed by atoms with Crippen LogP contribution in [0.1, 0.15) is 12.3 Å². The van der Waals surface area contributed by atoms with Gasteiger partial charge in [-0.1, -0.05) is 23.7 Å². The Morgan fingerprint density at radius 1 is 1.38 bits per heavy atom. The van der Waals surface area contributed by atoms with Crippen LogP contribution >= 0.6 is 11.6 Å². The summed E-state index contributed by atoms with van der Waals surface area (Å²) in [6, 6.07) is 7.43. The van der Waals surface area contributed by atoms with Gasteiger partial charge in [0.25, 0.3) is 0 Å². The minimum Gasteiger partial charge on any atom is -0.441 e. The van der Waals surface area contributed by atoms with Crippen LogP contribution in [0.15, 0.2) is 34.9 Å². The largest absolute Gasteiger partial charge is 0.441 e. The van der Waals surface area contributed by atoms with Crippen LogP contribution in [0, 0.1) is 0 Å². The van der Waals surface area contributed by atoms with Gasteiger partial charge in [0, 0.05) is 23.6 Å². The Balaban J connectivity index is 2.18. The molecule has 0 fully saturated rings. The fourth-order valence-corrected chi connectivity index (χ4v) is 1.62. The van der Waals surface area contributed by atoms with E-state index in [4.69, 9.17) is 21.1 Å². The summed E-state index contributed by atoms with van der Waals surface area (Å²) < 4.78 is 5.55. The lowest BCUT2D eigenvalue weighted by molar-refractivity contribution is 0.283. The lowest BCUT2D eigenvalue weighted by Gasteiger charge is -1.96. The molecule has 84 valence electrons. The van der Waals surface area contributed by atoms with E-state index in [9.17, 15) is 0 Å². The van der Waals surface area contributed by atoms with E-state index in [1.165, 1.54) is 0 Å². The molecule has 0 aliphatic rings. The molecule has 0 radical (unpaired) electrons. The van der Waals surface area contributed by atoms with Gasteiger partial charge in [-0.15, -0.1) is 0 Å². The number of aliphatic hydroxyl groups excluding tert-OH is 1. The van der Waals surface area contributed by atoms with Crippen LogP contribution < -0.4 is 0 Å². The van der Waals surface area contributed by atoms with E-state index in [0.717, 1.165) is 5.56 Å². The van der Waals surface area contributed by atoms with E-state index in [1.807, 2.05) is 24.3 Å². The van der Waals surface area contributed by atoms with Gasteiger partial charge in [-0.3, -0.25) is 0 Å². The Morgan fingerprint density at radius 2 is 2.25 bits per heavy atom. The molecule has 0 unspecified atom stereocenters. The number of oxazole rings is 1. The molecular formula is C12H12ClNO2. The average molecular weight is 238 g/mol. The average Bonchev–Trinajstić information content (AvgIpc) is 2.75. The monoisotopic (exact) mass is 237 g/mol. The van der Waals surface area contributed by atoms with Crippen LogP contribution in [-0.2, 0) is 6.42 Å². The lowest BCUT2D eigenvalue weighted by Crippen LogP contribution is -1.88. The second-order valence-corrected chi connectivity index (χ2v) is 3.89. The molecule has 1 N–H and O–H groups in total. The molecule has 0 saturated carbocycles. The normalized spacial score (nSPS) is 10.6. The second-order valence-electron chi connectivity index (χ2n) is 3.46. The number of aliphatic hydroxyl groups is 1. The zero-order chi connectivity index (χ0) is 11.4. The Hall–Kier alpha value is -1.32. The molecule has 4 heteroatoms. The van der Waals surface area contributed by atoms with E-state index in [-0.39, 0.29) is 6.61 Å². The molecule has 0 amide bonds. The van der Waals surface area contributed by atoms with Crippen molar-refractivity contribution in [3.63, 3.8) is 0 Å². The lowest BCUT2D eigenvalue weighted by atomic mass is 10.2. The first-order valence-corrected chi connectivity index (χ1v) is 5.49. The van der Waals surface area contributed by atoms with Crippen LogP contribution in [0.3, 0.4) is 0 Å². The quantitative estimate of drug-likeness (QED) is 0.889. The van der Waals surface area contributed by atoms with Crippen LogP contribution in [0.4, 0.5) is 0 Å². The van der Waals surface area contributed by atoms with Crippen molar-refractivity contribution in [2.45, 2.75) is 12.8 Å². The summed E-state index contributed by atoms with van der Waals surface area (Å²) in [5.74, 6) is 1.35. The van der Waals surface area contributed by atoms with Crippen molar-refractivity contribution in [3.8, 4) is 11.3 Å². The summed E-state index contributed by atoms with van der Waals surface area (Å²) >= 11 is 5.89. The van der Waals surface area contributed by atoms with Crippen molar-refractivity contribution in [1.29, 1.82) is 0 Å². The molecule has 3 nitrogen and oxygen atoms in total. The number of hydrogen-bond acceptors (Lipinski definition) is 3. The first-order chi connectivity index (χ1) is 7.79. The van der Waals surface area contributed by atoms with E-state index in [1.54, 1.807) is 6.20 Å². The SMILES string of the molecule is OCCCc1ncc(-c2cccc(Cl)c2)o1. The third-order valence-electron chi connectivity index (χ3n) is 2.21. The van der Waals surface area contributed by atoms with Gasteiger partial charge in [-0.05, 0) is 18.6 Å². The zero-order valence-electron chi connectivity index (χ0n) is 8.69. The van der Waals surface area contributed by atoms with Gasteiger partial charge in [0.15, 0.2) is 11.7 Å². The summed E-state index contributed by atoms with van der Waals surface area (Å²) in [4.78, 5) is 4.14. The molecule has 0 bridgehead atoms. The molecule has 2 aromatic rings. The molecule has 1 aromatic heterocycles. The topological polar surface area (TPSA) is 46.3 Å². The van der Waals surface area contributed by atoms with Gasteiger partial charge >= 0.3 is 0 Å². The van der Waals surface area contributed by atoms with Gasteiger partial charge in [0.2, 0.25) is 0 Å². The van der Waals surface area contributed by atoms with Crippen molar-refractivity contribution in [2.24, 2.45) is 0 Å². The van der Waals surface area contributed by atoms with Crippen molar-refractivity contribution in [3.05, 3.63) is 41.4 Å². The Kier molecular flexibility index (Phi) is 3.59. The first kappa shape index (κ1) is 11.2. The highest BCUT2D eigenvalue weighted by atomic mass is 35.5. The highest BCUT2D eigenvalue weighted by molar-refractivity contribution is 6.30. The molecule has 0 aliphatic heterocycles. The molecule has 0 saturated heterocycles. The predicted octanol–water partition coefficient (Wildman–Crippen LogP) is 2.92. The number of aromatic nitrogens is 1. The molecule has 0 aliphatic carbocycles. The smallest absolute Gasteiger partial charge is 0.194 e. The molecule has 1 aromatic carbocycles. The molecule has 0 spiro atoms. The summed E-state index contributed by atoms with van der Waals surface area (Å²) in [7, 11) is 0. The predicted molar refractivity (Wildman–Crippen MR) is 62.4 cm³/mol. The van der Waals surface area contributed by atoms with Crippen molar-refractivity contribution < 1.29 is 9.52 Å². The fraction of sp³-hybridized carbons (Fsp3) is 0.250. The highest BCUT2D eigenvalue weighted by Gasteiger charge is 2.06. The third kappa shape index (κ3) is 2.62. The van der Waals surface area contributed by atoms with Gasteiger partial charge in [-0.2, -0.15) is 0 Å². The Bertz CT molecular complexity index is 468. The van der Waals surface area contributed by atoms with Crippen molar-refractivity contribution >= 4 is 11.6 Å². The first-order valence-electron chi connectivity index (χ1n) is 5.11. The summed E-state index contributed by atoms with van der Waals surface area (Å²) in [6.07, 6.45) is 2.99. The van der Waals surface area contributed by atoms with E-state index in [2.05, 4.69) is 4.98 Å². The standard InChI is InChI=1S/C12H12ClNO2/c13-10-4-1-3-9(7-10)11-8-14-12(16-11)5-2-6-15/h1,3-4,7-8,15H,2,5-6H2. The van der Waals surface area contributed by atoms with Gasteiger partial charge in [0.1, 0.15) is 0 Å². The third-order valence-corrected chi connectivity index (χ3v) is 2.45. The molecule has 16 heavy (non-hydrogen) atoms. The molecule has 2 rings (SSSR count). The van der Waals surface area contributed by atoms with Gasteiger partial charge in [-0.25, -0.2) is 4.98 Å². The Morgan fingerprint density at radius 3 is 3.00 bits per heavy atom. The van der Waals surface area contributed by atoms with Gasteiger partial charge < -0.3 is 9.52 Å². The number of rotatable bonds is 4.